The molecule has 1 amide bonds. The number of hydrogen-bond acceptors (Lipinski definition) is 4. The molecule has 2 atom stereocenters. The van der Waals surface area contributed by atoms with Crippen molar-refractivity contribution < 1.29 is 18.3 Å². The summed E-state index contributed by atoms with van der Waals surface area (Å²) < 4.78 is 33.0. The molecule has 1 aromatic rings. The van der Waals surface area contributed by atoms with Gasteiger partial charge < -0.3 is 19.9 Å². The highest BCUT2D eigenvalue weighted by Crippen LogP contribution is 2.32. The smallest absolute Gasteiger partial charge is 0.270 e. The van der Waals surface area contributed by atoms with Gasteiger partial charge in [-0.1, -0.05) is 25.6 Å². The summed E-state index contributed by atoms with van der Waals surface area (Å²) in [5.41, 5.74) is 4.54. The minimum atomic E-state index is -2.83. The Morgan fingerprint density at radius 3 is 2.47 bits per heavy atom. The largest absolute Gasteiger partial charge is 0.381 e. The number of alkyl halides is 2. The zero-order valence-corrected chi connectivity index (χ0v) is 22.2. The molecular formula is C29H41F2N3O2. The standard InChI is InChI=1S/C29H41F2N3O2/c1-19-18-36-15-11-27(19)32-26-9-13-33(14-10-26)28(35)21(3)20(2)22(4)34-12-8-23-16-25(29(5,30)31)7-6-24(23)17-34/h6-7,16,19,26-27,32H,4,8-15,17-18H2,1-3,5H3/b21-20+. The molecule has 0 bridgehead atoms. The van der Waals surface area contributed by atoms with E-state index < -0.39 is 5.92 Å². The highest BCUT2D eigenvalue weighted by atomic mass is 19.3. The second-order valence-electron chi connectivity index (χ2n) is 10.9. The van der Waals surface area contributed by atoms with Crippen LogP contribution in [0, 0.1) is 5.92 Å². The maximum Gasteiger partial charge on any atom is 0.270 e. The first-order valence-corrected chi connectivity index (χ1v) is 13.3. The van der Waals surface area contributed by atoms with Gasteiger partial charge in [-0.15, -0.1) is 0 Å². The topological polar surface area (TPSA) is 44.8 Å². The summed E-state index contributed by atoms with van der Waals surface area (Å²) >= 11 is 0. The number of carbonyl (C=O) groups excluding carboxylic acids is 1. The molecule has 5 nitrogen and oxygen atoms in total. The number of likely N-dealkylation sites (tertiary alicyclic amines) is 1. The van der Waals surface area contributed by atoms with E-state index in [0.717, 1.165) is 80.5 Å². The van der Waals surface area contributed by atoms with E-state index in [2.05, 4.69) is 23.7 Å². The monoisotopic (exact) mass is 501 g/mol. The normalized spacial score (nSPS) is 24.3. The summed E-state index contributed by atoms with van der Waals surface area (Å²) in [6, 6.07) is 5.90. The molecule has 0 aliphatic carbocycles. The van der Waals surface area contributed by atoms with Gasteiger partial charge in [0.25, 0.3) is 5.92 Å². The van der Waals surface area contributed by atoms with Crippen LogP contribution in [0.2, 0.25) is 0 Å². The summed E-state index contributed by atoms with van der Waals surface area (Å²) in [6.07, 6.45) is 3.66. The Morgan fingerprint density at radius 2 is 1.81 bits per heavy atom. The van der Waals surface area contributed by atoms with Crippen molar-refractivity contribution in [1.29, 1.82) is 0 Å². The van der Waals surface area contributed by atoms with Crippen LogP contribution in [0.3, 0.4) is 0 Å². The van der Waals surface area contributed by atoms with Crippen molar-refractivity contribution in [3.63, 3.8) is 0 Å². The van der Waals surface area contributed by atoms with Crippen molar-refractivity contribution in [2.45, 2.75) is 77.9 Å². The number of hydrogen-bond donors (Lipinski definition) is 1. The molecule has 2 fully saturated rings. The van der Waals surface area contributed by atoms with Gasteiger partial charge in [-0.25, -0.2) is 8.78 Å². The van der Waals surface area contributed by atoms with E-state index in [1.54, 1.807) is 12.1 Å². The Kier molecular flexibility index (Phi) is 8.20. The Hall–Kier alpha value is -2.25. The third-order valence-corrected chi connectivity index (χ3v) is 8.30. The van der Waals surface area contributed by atoms with E-state index in [1.165, 1.54) is 6.07 Å². The lowest BCUT2D eigenvalue weighted by Gasteiger charge is -2.38. The van der Waals surface area contributed by atoms with Crippen LogP contribution in [0.25, 0.3) is 0 Å². The molecule has 3 aliphatic heterocycles. The van der Waals surface area contributed by atoms with Crippen LogP contribution in [-0.4, -0.2) is 60.6 Å². The van der Waals surface area contributed by atoms with Crippen LogP contribution in [0.1, 0.15) is 63.6 Å². The van der Waals surface area contributed by atoms with Crippen LogP contribution < -0.4 is 5.32 Å². The fraction of sp³-hybridized carbons (Fsp3) is 0.621. The molecule has 36 heavy (non-hydrogen) atoms. The van der Waals surface area contributed by atoms with Crippen molar-refractivity contribution in [3.05, 3.63) is 58.3 Å². The molecule has 7 heteroatoms. The molecule has 0 saturated carbocycles. The van der Waals surface area contributed by atoms with E-state index in [1.807, 2.05) is 18.7 Å². The van der Waals surface area contributed by atoms with Gasteiger partial charge >= 0.3 is 0 Å². The van der Waals surface area contributed by atoms with Gasteiger partial charge in [0.05, 0.1) is 6.61 Å². The number of carbonyl (C=O) groups is 1. The Labute approximate surface area is 214 Å². The number of benzene rings is 1. The number of halogens is 2. The SMILES string of the molecule is C=C(/C(C)=C(\C)C(=O)N1CCC(NC2CCOCC2C)CC1)N1CCc2cc(C(C)(F)F)ccc2C1. The van der Waals surface area contributed by atoms with Crippen LogP contribution in [0.15, 0.2) is 41.6 Å². The zero-order valence-electron chi connectivity index (χ0n) is 22.2. The third kappa shape index (κ3) is 6.00. The Morgan fingerprint density at radius 1 is 1.08 bits per heavy atom. The van der Waals surface area contributed by atoms with Crippen molar-refractivity contribution in [1.82, 2.24) is 15.1 Å². The van der Waals surface area contributed by atoms with Crippen molar-refractivity contribution in [2.75, 3.05) is 32.8 Å². The van der Waals surface area contributed by atoms with Gasteiger partial charge in [-0.2, -0.15) is 0 Å². The van der Waals surface area contributed by atoms with Gasteiger partial charge in [-0.3, -0.25) is 4.79 Å². The number of rotatable bonds is 6. The maximum atomic E-state index is 13.7. The predicted molar refractivity (Wildman–Crippen MR) is 139 cm³/mol. The van der Waals surface area contributed by atoms with Gasteiger partial charge in [0.1, 0.15) is 0 Å². The fourth-order valence-electron chi connectivity index (χ4n) is 5.59. The Balaban J connectivity index is 1.34. The van der Waals surface area contributed by atoms with Crippen molar-refractivity contribution in [3.8, 4) is 0 Å². The van der Waals surface area contributed by atoms with Gasteiger partial charge in [0.2, 0.25) is 5.91 Å². The molecule has 3 aliphatic rings. The summed E-state index contributed by atoms with van der Waals surface area (Å²) in [6.45, 7) is 15.8. The van der Waals surface area contributed by atoms with Crippen LogP contribution in [-0.2, 0) is 28.4 Å². The molecule has 2 unspecified atom stereocenters. The number of allylic oxidation sites excluding steroid dienone is 1. The molecule has 1 N–H and O–H groups in total. The summed E-state index contributed by atoms with van der Waals surface area (Å²) in [5.74, 6) is -2.23. The molecule has 1 aromatic carbocycles. The number of piperidine rings is 1. The summed E-state index contributed by atoms with van der Waals surface area (Å²) in [5, 5.41) is 3.81. The fourth-order valence-corrected chi connectivity index (χ4v) is 5.59. The highest BCUT2D eigenvalue weighted by Gasteiger charge is 2.30. The van der Waals surface area contributed by atoms with Gasteiger partial charge in [0, 0.05) is 68.6 Å². The first-order chi connectivity index (χ1) is 17.0. The van der Waals surface area contributed by atoms with Crippen LogP contribution in [0.4, 0.5) is 8.78 Å². The van der Waals surface area contributed by atoms with E-state index in [-0.39, 0.29) is 11.5 Å². The molecule has 3 heterocycles. The first kappa shape index (κ1) is 26.8. The molecule has 0 radical (unpaired) electrons. The maximum absolute atomic E-state index is 13.7. The Bertz CT molecular complexity index is 1010. The number of fused-ring (bicyclic) bond motifs is 1. The minimum absolute atomic E-state index is 0.0623. The third-order valence-electron chi connectivity index (χ3n) is 8.30. The van der Waals surface area contributed by atoms with Crippen molar-refractivity contribution >= 4 is 5.91 Å². The summed E-state index contributed by atoms with van der Waals surface area (Å²) in [4.78, 5) is 17.4. The molecule has 198 valence electrons. The van der Waals surface area contributed by atoms with Crippen molar-refractivity contribution in [2.24, 2.45) is 5.92 Å². The average Bonchev–Trinajstić information content (AvgIpc) is 2.87. The molecular weight excluding hydrogens is 460 g/mol. The van der Waals surface area contributed by atoms with E-state index in [4.69, 9.17) is 4.74 Å². The number of nitrogens with zero attached hydrogens (tertiary/aromatic N) is 2. The molecule has 0 spiro atoms. The first-order valence-electron chi connectivity index (χ1n) is 13.3. The second kappa shape index (κ2) is 11.0. The number of ether oxygens (including phenoxy) is 1. The predicted octanol–water partition coefficient (Wildman–Crippen LogP) is 5.01. The average molecular weight is 502 g/mol. The lowest BCUT2D eigenvalue weighted by molar-refractivity contribution is -0.128. The molecule has 2 saturated heterocycles. The lowest BCUT2D eigenvalue weighted by Crippen LogP contribution is -2.51. The van der Waals surface area contributed by atoms with Gasteiger partial charge in [0.15, 0.2) is 0 Å². The van der Waals surface area contributed by atoms with Gasteiger partial charge in [-0.05, 0) is 68.2 Å². The quantitative estimate of drug-likeness (QED) is 0.440. The summed E-state index contributed by atoms with van der Waals surface area (Å²) in [7, 11) is 0. The number of amides is 1. The van der Waals surface area contributed by atoms with E-state index in [0.29, 0.717) is 37.5 Å². The zero-order chi connectivity index (χ0) is 26.0. The lowest BCUT2D eigenvalue weighted by atomic mass is 9.94. The molecule has 4 rings (SSSR count). The van der Waals surface area contributed by atoms with E-state index in [9.17, 15) is 13.6 Å². The van der Waals surface area contributed by atoms with Crippen LogP contribution >= 0.6 is 0 Å². The number of nitrogens with one attached hydrogen (secondary N) is 1. The molecule has 0 aromatic heterocycles. The minimum Gasteiger partial charge on any atom is -0.381 e. The second-order valence-corrected chi connectivity index (χ2v) is 10.9. The van der Waals surface area contributed by atoms with E-state index >= 15 is 0 Å². The highest BCUT2D eigenvalue weighted by molar-refractivity contribution is 5.94. The van der Waals surface area contributed by atoms with Crippen LogP contribution in [0.5, 0.6) is 0 Å².